The highest BCUT2D eigenvalue weighted by atomic mass is 79.9. The minimum Gasteiger partial charge on any atom is -0.506 e. The number of thioether (sulfide) groups is 1. The maximum absolute atomic E-state index is 12.2. The number of phenolic OH excluding ortho intramolecular Hbond substituents is 1. The molecule has 0 aliphatic rings. The summed E-state index contributed by atoms with van der Waals surface area (Å²) in [7, 11) is 0. The second kappa shape index (κ2) is 10.6. The molecule has 1 aromatic heterocycles. The molecule has 26 heavy (non-hydrogen) atoms. The topological polar surface area (TPSA) is 59.4 Å². The minimum absolute atomic E-state index is 0.0404. The Bertz CT molecular complexity index is 722. The molecule has 1 heterocycles. The summed E-state index contributed by atoms with van der Waals surface area (Å²) in [5.41, 5.74) is 0.340. The van der Waals surface area contributed by atoms with Crippen LogP contribution < -0.4 is 4.74 Å². The normalized spacial score (nSPS) is 10.9. The average molecular weight is 438 g/mol. The second-order valence-electron chi connectivity index (χ2n) is 6.38. The van der Waals surface area contributed by atoms with Gasteiger partial charge in [-0.25, -0.2) is 0 Å². The van der Waals surface area contributed by atoms with Gasteiger partial charge in [-0.15, -0.1) is 11.8 Å². The zero-order chi connectivity index (χ0) is 18.9. The average Bonchev–Trinajstić information content (AvgIpc) is 2.61. The van der Waals surface area contributed by atoms with Crippen molar-refractivity contribution in [3.63, 3.8) is 0 Å². The van der Waals surface area contributed by atoms with Crippen LogP contribution in [0.4, 0.5) is 0 Å². The van der Waals surface area contributed by atoms with Crippen LogP contribution in [0.1, 0.15) is 43.5 Å². The Hall–Kier alpha value is -1.53. The molecule has 2 rings (SSSR count). The molecule has 4 nitrogen and oxygen atoms in total. The third kappa shape index (κ3) is 6.32. The number of pyridine rings is 1. The van der Waals surface area contributed by atoms with Crippen LogP contribution in [0.5, 0.6) is 11.5 Å². The van der Waals surface area contributed by atoms with Gasteiger partial charge in [-0.1, -0.05) is 13.8 Å². The summed E-state index contributed by atoms with van der Waals surface area (Å²) >= 11 is 5.14. The first kappa shape index (κ1) is 20.8. The van der Waals surface area contributed by atoms with Gasteiger partial charge in [0.25, 0.3) is 0 Å². The first-order valence-corrected chi connectivity index (χ1v) is 10.5. The molecule has 0 fully saturated rings. The zero-order valence-electron chi connectivity index (χ0n) is 15.1. The van der Waals surface area contributed by atoms with Gasteiger partial charge in [0.05, 0.1) is 12.2 Å². The van der Waals surface area contributed by atoms with Gasteiger partial charge in [0.1, 0.15) is 16.0 Å². The summed E-state index contributed by atoms with van der Waals surface area (Å²) in [6, 6.07) is 7.38. The standard InChI is InChI=1S/C20H24BrNO3S/c1-14(2)13-17(23)16-5-6-18(19(21)20(16)24)25-11-3-4-12-26-15-7-9-22-10-8-15/h5-10,14,24H,3-4,11-13H2,1-2H3. The van der Waals surface area contributed by atoms with Gasteiger partial charge >= 0.3 is 0 Å². The van der Waals surface area contributed by atoms with Crippen molar-refractivity contribution in [1.29, 1.82) is 0 Å². The van der Waals surface area contributed by atoms with E-state index < -0.39 is 0 Å². The van der Waals surface area contributed by atoms with E-state index in [0.717, 1.165) is 18.6 Å². The molecule has 0 atom stereocenters. The number of halogens is 1. The van der Waals surface area contributed by atoms with Gasteiger partial charge in [-0.2, -0.15) is 0 Å². The van der Waals surface area contributed by atoms with Crippen LogP contribution in [-0.4, -0.2) is 28.2 Å². The highest BCUT2D eigenvalue weighted by Crippen LogP contribution is 2.37. The third-order valence-corrected chi connectivity index (χ3v) is 5.55. The van der Waals surface area contributed by atoms with Gasteiger partial charge in [0.2, 0.25) is 0 Å². The molecule has 0 radical (unpaired) electrons. The predicted octanol–water partition coefficient (Wildman–Crippen LogP) is 5.73. The molecule has 0 aliphatic carbocycles. The molecule has 140 valence electrons. The van der Waals surface area contributed by atoms with Crippen LogP contribution in [0.15, 0.2) is 46.0 Å². The fourth-order valence-electron chi connectivity index (χ4n) is 2.37. The van der Waals surface area contributed by atoms with Crippen molar-refractivity contribution in [3.05, 3.63) is 46.7 Å². The van der Waals surface area contributed by atoms with Crippen molar-refractivity contribution in [2.45, 2.75) is 38.0 Å². The lowest BCUT2D eigenvalue weighted by molar-refractivity contribution is 0.0965. The number of ketones is 1. The fourth-order valence-corrected chi connectivity index (χ4v) is 3.73. The molecule has 0 bridgehead atoms. The Morgan fingerprint density at radius 2 is 1.96 bits per heavy atom. The predicted molar refractivity (Wildman–Crippen MR) is 109 cm³/mol. The van der Waals surface area contributed by atoms with Crippen molar-refractivity contribution in [1.82, 2.24) is 4.98 Å². The second-order valence-corrected chi connectivity index (χ2v) is 8.34. The van der Waals surface area contributed by atoms with E-state index in [0.29, 0.717) is 28.8 Å². The quantitative estimate of drug-likeness (QED) is 0.292. The van der Waals surface area contributed by atoms with E-state index in [2.05, 4.69) is 20.9 Å². The largest absolute Gasteiger partial charge is 0.506 e. The molecule has 0 saturated carbocycles. The Morgan fingerprint density at radius 1 is 1.23 bits per heavy atom. The Morgan fingerprint density at radius 3 is 2.65 bits per heavy atom. The Labute approximate surface area is 167 Å². The summed E-state index contributed by atoms with van der Waals surface area (Å²) < 4.78 is 6.19. The number of ether oxygens (including phenoxy) is 1. The number of hydrogen-bond acceptors (Lipinski definition) is 5. The highest BCUT2D eigenvalue weighted by Gasteiger charge is 2.17. The molecule has 0 aliphatic heterocycles. The van der Waals surface area contributed by atoms with Crippen LogP contribution in [-0.2, 0) is 0 Å². The zero-order valence-corrected chi connectivity index (χ0v) is 17.5. The molecule has 6 heteroatoms. The molecule has 0 spiro atoms. The number of aromatic nitrogens is 1. The fraction of sp³-hybridized carbons (Fsp3) is 0.400. The lowest BCUT2D eigenvalue weighted by atomic mass is 10.0. The maximum atomic E-state index is 12.2. The van der Waals surface area contributed by atoms with Crippen molar-refractivity contribution in [2.75, 3.05) is 12.4 Å². The number of hydrogen-bond donors (Lipinski definition) is 1. The van der Waals surface area contributed by atoms with E-state index in [1.165, 1.54) is 4.90 Å². The van der Waals surface area contributed by atoms with E-state index >= 15 is 0 Å². The molecular formula is C20H24BrNO3S. The van der Waals surface area contributed by atoms with Crippen LogP contribution in [0, 0.1) is 5.92 Å². The lowest BCUT2D eigenvalue weighted by Gasteiger charge is -2.12. The number of carbonyl (C=O) groups excluding carboxylic acids is 1. The number of rotatable bonds is 10. The summed E-state index contributed by atoms with van der Waals surface area (Å²) in [6.07, 6.45) is 5.95. The van der Waals surface area contributed by atoms with Crippen molar-refractivity contribution in [3.8, 4) is 11.5 Å². The summed E-state index contributed by atoms with van der Waals surface area (Å²) in [5.74, 6) is 1.73. The molecule has 1 N–H and O–H groups in total. The van der Waals surface area contributed by atoms with E-state index in [1.807, 2.05) is 26.0 Å². The molecule has 0 amide bonds. The first-order chi connectivity index (χ1) is 12.5. The number of nitrogens with zero attached hydrogens (tertiary/aromatic N) is 1. The summed E-state index contributed by atoms with van der Waals surface area (Å²) in [4.78, 5) is 17.4. The molecule has 0 unspecified atom stereocenters. The van der Waals surface area contributed by atoms with Crippen LogP contribution in [0.2, 0.25) is 0 Å². The van der Waals surface area contributed by atoms with Crippen LogP contribution >= 0.6 is 27.7 Å². The number of aromatic hydroxyl groups is 1. The van der Waals surface area contributed by atoms with E-state index in [1.54, 1.807) is 36.3 Å². The minimum atomic E-state index is -0.0575. The Kier molecular flexibility index (Phi) is 8.45. The number of benzene rings is 1. The lowest BCUT2D eigenvalue weighted by Crippen LogP contribution is -2.05. The van der Waals surface area contributed by atoms with Crippen molar-refractivity contribution >= 4 is 33.5 Å². The van der Waals surface area contributed by atoms with Gasteiger partial charge in [-0.05, 0) is 64.7 Å². The number of Topliss-reactive ketones (excluding diaryl/α,β-unsaturated/α-hetero) is 1. The van der Waals surface area contributed by atoms with E-state index in [-0.39, 0.29) is 17.5 Å². The SMILES string of the molecule is CC(C)CC(=O)c1ccc(OCCCCSc2ccncc2)c(Br)c1O. The molecule has 1 aromatic carbocycles. The summed E-state index contributed by atoms with van der Waals surface area (Å²) in [5, 5.41) is 10.3. The molecule has 0 saturated heterocycles. The van der Waals surface area contributed by atoms with Crippen molar-refractivity contribution < 1.29 is 14.6 Å². The number of phenols is 1. The smallest absolute Gasteiger partial charge is 0.166 e. The van der Waals surface area contributed by atoms with E-state index in [4.69, 9.17) is 4.74 Å². The number of unbranched alkanes of at least 4 members (excludes halogenated alkanes) is 1. The Balaban J connectivity index is 1.79. The maximum Gasteiger partial charge on any atom is 0.166 e. The van der Waals surface area contributed by atoms with Gasteiger partial charge in [0.15, 0.2) is 5.78 Å². The first-order valence-electron chi connectivity index (χ1n) is 8.69. The highest BCUT2D eigenvalue weighted by molar-refractivity contribution is 9.10. The van der Waals surface area contributed by atoms with Gasteiger partial charge < -0.3 is 9.84 Å². The summed E-state index contributed by atoms with van der Waals surface area (Å²) in [6.45, 7) is 4.52. The van der Waals surface area contributed by atoms with Crippen LogP contribution in [0.3, 0.4) is 0 Å². The third-order valence-electron chi connectivity index (χ3n) is 3.69. The van der Waals surface area contributed by atoms with Crippen LogP contribution in [0.25, 0.3) is 0 Å². The van der Waals surface area contributed by atoms with E-state index in [9.17, 15) is 9.90 Å². The van der Waals surface area contributed by atoms with Gasteiger partial charge in [-0.3, -0.25) is 9.78 Å². The monoisotopic (exact) mass is 437 g/mol. The van der Waals surface area contributed by atoms with Crippen molar-refractivity contribution in [2.24, 2.45) is 5.92 Å². The molecule has 2 aromatic rings. The number of carbonyl (C=O) groups is 1. The molecular weight excluding hydrogens is 414 g/mol. The van der Waals surface area contributed by atoms with Gasteiger partial charge in [0, 0.05) is 23.7 Å².